The molecule has 2 atom stereocenters. The maximum absolute atomic E-state index is 12.0. The third-order valence-electron chi connectivity index (χ3n) is 3.86. The summed E-state index contributed by atoms with van der Waals surface area (Å²) < 4.78 is 4.73. The molecule has 6 nitrogen and oxygen atoms in total. The van der Waals surface area contributed by atoms with Gasteiger partial charge in [-0.2, -0.15) is 0 Å². The number of benzene rings is 1. The minimum Gasteiger partial charge on any atom is -0.447 e. The summed E-state index contributed by atoms with van der Waals surface area (Å²) in [5.41, 5.74) is 1.28. The first kappa shape index (κ1) is 13.9. The van der Waals surface area contributed by atoms with Crippen molar-refractivity contribution in [3.8, 4) is 0 Å². The molecule has 2 heterocycles. The number of cyclic esters (lactones) is 1. The van der Waals surface area contributed by atoms with Gasteiger partial charge >= 0.3 is 6.09 Å². The lowest BCUT2D eigenvalue weighted by atomic mass is 10.2. The van der Waals surface area contributed by atoms with E-state index in [2.05, 4.69) is 27.7 Å². The molecule has 2 saturated heterocycles. The Morgan fingerprint density at radius 1 is 1.38 bits per heavy atom. The standard InChI is InChI=1S/C15H19N3O3/c19-14(13-10-21-15(20)17-13)16-12-6-7-18(9-12)8-11-4-2-1-3-5-11/h1-5,12-13H,6-10H2,(H,16,19)(H,17,20)/t12-,13-/m0/s1. The predicted molar refractivity (Wildman–Crippen MR) is 76.5 cm³/mol. The normalized spacial score (nSPS) is 25.4. The third-order valence-corrected chi connectivity index (χ3v) is 3.86. The number of hydrogen-bond acceptors (Lipinski definition) is 4. The summed E-state index contributed by atoms with van der Waals surface area (Å²) in [6.45, 7) is 2.82. The van der Waals surface area contributed by atoms with Gasteiger partial charge in [0.2, 0.25) is 5.91 Å². The Labute approximate surface area is 123 Å². The van der Waals surface area contributed by atoms with Crippen LogP contribution in [0.1, 0.15) is 12.0 Å². The van der Waals surface area contributed by atoms with Gasteiger partial charge in [-0.1, -0.05) is 30.3 Å². The number of alkyl carbamates (subject to hydrolysis) is 1. The number of amides is 2. The molecule has 0 aromatic heterocycles. The molecule has 2 aliphatic heterocycles. The molecule has 0 spiro atoms. The second-order valence-corrected chi connectivity index (χ2v) is 5.51. The number of carbonyl (C=O) groups is 2. The van der Waals surface area contributed by atoms with Crippen molar-refractivity contribution in [2.75, 3.05) is 19.7 Å². The Hall–Kier alpha value is -2.08. The van der Waals surface area contributed by atoms with Crippen LogP contribution in [0.25, 0.3) is 0 Å². The molecule has 2 N–H and O–H groups in total. The molecular formula is C15H19N3O3. The van der Waals surface area contributed by atoms with Gasteiger partial charge in [-0.25, -0.2) is 4.79 Å². The molecule has 3 rings (SSSR count). The van der Waals surface area contributed by atoms with E-state index in [0.29, 0.717) is 0 Å². The lowest BCUT2D eigenvalue weighted by Gasteiger charge is -2.17. The molecule has 0 radical (unpaired) electrons. The zero-order valence-electron chi connectivity index (χ0n) is 11.7. The van der Waals surface area contributed by atoms with Gasteiger partial charge < -0.3 is 15.4 Å². The molecule has 0 bridgehead atoms. The lowest BCUT2D eigenvalue weighted by molar-refractivity contribution is -0.123. The Morgan fingerprint density at radius 2 is 2.19 bits per heavy atom. The van der Waals surface area contributed by atoms with Gasteiger partial charge in [0, 0.05) is 25.7 Å². The largest absolute Gasteiger partial charge is 0.447 e. The fourth-order valence-corrected chi connectivity index (χ4v) is 2.76. The smallest absolute Gasteiger partial charge is 0.407 e. The molecule has 21 heavy (non-hydrogen) atoms. The van der Waals surface area contributed by atoms with E-state index in [0.717, 1.165) is 26.1 Å². The number of nitrogens with one attached hydrogen (secondary N) is 2. The van der Waals surface area contributed by atoms with Crippen molar-refractivity contribution in [1.29, 1.82) is 0 Å². The highest BCUT2D eigenvalue weighted by atomic mass is 16.6. The molecule has 2 amide bonds. The van der Waals surface area contributed by atoms with Crippen molar-refractivity contribution < 1.29 is 14.3 Å². The van der Waals surface area contributed by atoms with Crippen LogP contribution in [-0.2, 0) is 16.1 Å². The van der Waals surface area contributed by atoms with E-state index in [1.54, 1.807) is 0 Å². The summed E-state index contributed by atoms with van der Waals surface area (Å²) in [5, 5.41) is 5.47. The monoisotopic (exact) mass is 289 g/mol. The second kappa shape index (κ2) is 6.13. The Balaban J connectivity index is 1.46. The molecule has 0 saturated carbocycles. The van der Waals surface area contributed by atoms with Gasteiger partial charge in [0.1, 0.15) is 12.6 Å². The fourth-order valence-electron chi connectivity index (χ4n) is 2.76. The molecule has 0 unspecified atom stereocenters. The summed E-state index contributed by atoms with van der Waals surface area (Å²) in [5.74, 6) is -0.160. The molecule has 2 fully saturated rings. The van der Waals surface area contributed by atoms with E-state index >= 15 is 0 Å². The van der Waals surface area contributed by atoms with Gasteiger partial charge in [0.15, 0.2) is 0 Å². The first-order valence-electron chi connectivity index (χ1n) is 7.20. The highest BCUT2D eigenvalue weighted by Gasteiger charge is 2.31. The van der Waals surface area contributed by atoms with Crippen LogP contribution in [-0.4, -0.2) is 48.7 Å². The van der Waals surface area contributed by atoms with Crippen molar-refractivity contribution >= 4 is 12.0 Å². The van der Waals surface area contributed by atoms with Gasteiger partial charge in [-0.3, -0.25) is 9.69 Å². The van der Waals surface area contributed by atoms with Crippen LogP contribution in [0.4, 0.5) is 4.79 Å². The van der Waals surface area contributed by atoms with Crippen LogP contribution >= 0.6 is 0 Å². The Morgan fingerprint density at radius 3 is 2.90 bits per heavy atom. The number of ether oxygens (including phenoxy) is 1. The summed E-state index contributed by atoms with van der Waals surface area (Å²) in [6.07, 6.45) is 0.410. The Bertz CT molecular complexity index is 520. The molecule has 6 heteroatoms. The molecule has 1 aromatic rings. The SMILES string of the molecule is O=C1N[C@H](C(=O)N[C@H]2CCN(Cc3ccccc3)C2)CO1. The van der Waals surface area contributed by atoms with E-state index in [4.69, 9.17) is 4.74 Å². The molecule has 0 aliphatic carbocycles. The van der Waals surface area contributed by atoms with Crippen molar-refractivity contribution in [2.24, 2.45) is 0 Å². The summed E-state index contributed by atoms with van der Waals surface area (Å²) in [4.78, 5) is 25.2. The van der Waals surface area contributed by atoms with Crippen LogP contribution in [0.3, 0.4) is 0 Å². The summed E-state index contributed by atoms with van der Waals surface area (Å²) >= 11 is 0. The van der Waals surface area contributed by atoms with Crippen molar-refractivity contribution in [2.45, 2.75) is 25.0 Å². The van der Waals surface area contributed by atoms with Gasteiger partial charge in [0.25, 0.3) is 0 Å². The second-order valence-electron chi connectivity index (χ2n) is 5.51. The minimum absolute atomic E-state index is 0.116. The quantitative estimate of drug-likeness (QED) is 0.846. The van der Waals surface area contributed by atoms with Crippen LogP contribution < -0.4 is 10.6 Å². The average molecular weight is 289 g/mol. The third kappa shape index (κ3) is 3.52. The van der Waals surface area contributed by atoms with E-state index in [-0.39, 0.29) is 18.6 Å². The number of hydrogen-bond donors (Lipinski definition) is 2. The van der Waals surface area contributed by atoms with E-state index in [9.17, 15) is 9.59 Å². The molecular weight excluding hydrogens is 270 g/mol. The average Bonchev–Trinajstić information content (AvgIpc) is 3.09. The topological polar surface area (TPSA) is 70.7 Å². The molecule has 2 aliphatic rings. The lowest BCUT2D eigenvalue weighted by Crippen LogP contribution is -2.47. The number of carbonyl (C=O) groups excluding carboxylic acids is 2. The number of nitrogens with zero attached hydrogens (tertiary/aromatic N) is 1. The number of likely N-dealkylation sites (tertiary alicyclic amines) is 1. The molecule has 1 aromatic carbocycles. The fraction of sp³-hybridized carbons (Fsp3) is 0.467. The van der Waals surface area contributed by atoms with E-state index in [1.807, 2.05) is 18.2 Å². The van der Waals surface area contributed by atoms with E-state index in [1.165, 1.54) is 5.56 Å². The summed E-state index contributed by atoms with van der Waals surface area (Å²) in [7, 11) is 0. The van der Waals surface area contributed by atoms with Crippen molar-refractivity contribution in [1.82, 2.24) is 15.5 Å². The maximum atomic E-state index is 12.0. The first-order valence-corrected chi connectivity index (χ1v) is 7.20. The van der Waals surface area contributed by atoms with Crippen LogP contribution in [0.15, 0.2) is 30.3 Å². The number of rotatable bonds is 4. The van der Waals surface area contributed by atoms with Gasteiger partial charge in [-0.05, 0) is 12.0 Å². The van der Waals surface area contributed by atoms with Crippen LogP contribution in [0, 0.1) is 0 Å². The zero-order chi connectivity index (χ0) is 14.7. The summed E-state index contributed by atoms with van der Waals surface area (Å²) in [6, 6.07) is 9.88. The van der Waals surface area contributed by atoms with Crippen LogP contribution in [0.5, 0.6) is 0 Å². The van der Waals surface area contributed by atoms with Gasteiger partial charge in [-0.15, -0.1) is 0 Å². The van der Waals surface area contributed by atoms with Gasteiger partial charge in [0.05, 0.1) is 0 Å². The van der Waals surface area contributed by atoms with Crippen LogP contribution in [0.2, 0.25) is 0 Å². The Kier molecular flexibility index (Phi) is 4.06. The predicted octanol–water partition coefficient (Wildman–Crippen LogP) is 0.486. The van der Waals surface area contributed by atoms with Crippen molar-refractivity contribution in [3.63, 3.8) is 0 Å². The van der Waals surface area contributed by atoms with E-state index < -0.39 is 12.1 Å². The zero-order valence-corrected chi connectivity index (χ0v) is 11.7. The highest BCUT2D eigenvalue weighted by molar-refractivity contribution is 5.88. The molecule has 112 valence electrons. The highest BCUT2D eigenvalue weighted by Crippen LogP contribution is 2.13. The van der Waals surface area contributed by atoms with Crippen molar-refractivity contribution in [3.05, 3.63) is 35.9 Å². The minimum atomic E-state index is -0.555. The maximum Gasteiger partial charge on any atom is 0.407 e. The first-order chi connectivity index (χ1) is 10.2.